The lowest BCUT2D eigenvalue weighted by molar-refractivity contribution is -0.122. The third-order valence-electron chi connectivity index (χ3n) is 3.14. The van der Waals surface area contributed by atoms with Crippen LogP contribution in [0, 0.1) is 0 Å². The van der Waals surface area contributed by atoms with E-state index in [-0.39, 0.29) is 12.5 Å². The van der Waals surface area contributed by atoms with Crippen LogP contribution in [0.4, 0.5) is 0 Å². The molecule has 1 amide bonds. The third-order valence-corrected chi connectivity index (χ3v) is 4.61. The largest absolute Gasteiger partial charge is 0.469 e. The van der Waals surface area contributed by atoms with E-state index in [0.717, 1.165) is 30.6 Å². The molecular weight excluding hydrogens is 325 g/mol. The van der Waals surface area contributed by atoms with E-state index >= 15 is 0 Å². The fourth-order valence-corrected chi connectivity index (χ4v) is 3.12. The van der Waals surface area contributed by atoms with E-state index in [9.17, 15) is 9.36 Å². The molecule has 0 radical (unpaired) electrons. The van der Waals surface area contributed by atoms with E-state index in [2.05, 4.69) is 16.8 Å². The lowest BCUT2D eigenvalue weighted by Crippen LogP contribution is -2.30. The molecule has 0 saturated carbocycles. The van der Waals surface area contributed by atoms with Crippen molar-refractivity contribution in [3.05, 3.63) is 22.4 Å². The molecule has 0 aromatic carbocycles. The first-order valence-electron chi connectivity index (χ1n) is 7.45. The minimum absolute atomic E-state index is 0.121. The van der Waals surface area contributed by atoms with Crippen LogP contribution in [0.15, 0.2) is 17.5 Å². The van der Waals surface area contributed by atoms with Crippen molar-refractivity contribution in [1.82, 2.24) is 5.32 Å². The summed E-state index contributed by atoms with van der Waals surface area (Å²) in [5.74, 6) is -0.121. The molecule has 8 heteroatoms. The number of hydrogen-bond donors (Lipinski definition) is 3. The van der Waals surface area contributed by atoms with Crippen LogP contribution >= 0.6 is 19.2 Å². The zero-order valence-electron chi connectivity index (χ0n) is 12.7. The van der Waals surface area contributed by atoms with Gasteiger partial charge in [0.05, 0.1) is 12.6 Å². The zero-order chi connectivity index (χ0) is 16.4. The maximum Gasteiger partial charge on any atom is 0.469 e. The first kappa shape index (κ1) is 19.3. The van der Waals surface area contributed by atoms with Crippen LogP contribution in [-0.2, 0) is 13.9 Å². The molecule has 1 atom stereocenters. The number of carbonyl (C=O) groups is 1. The van der Waals surface area contributed by atoms with Gasteiger partial charge in [0.25, 0.3) is 0 Å². The molecule has 3 N–H and O–H groups in total. The van der Waals surface area contributed by atoms with Crippen molar-refractivity contribution < 1.29 is 23.7 Å². The standard InChI is InChI=1S/C14H24NO5PS/c1-2-3-4-5-6-9-14(16)15-12(11-20-21(17,18)19)13-8-7-10-22-13/h7-8,10,12H,2-6,9,11H2,1H3,(H,15,16)(H2,17,18,19). The number of hydrogen-bond acceptors (Lipinski definition) is 4. The monoisotopic (exact) mass is 349 g/mol. The van der Waals surface area contributed by atoms with Crippen LogP contribution in [0.5, 0.6) is 0 Å². The molecule has 0 aliphatic heterocycles. The van der Waals surface area contributed by atoms with Crippen molar-refractivity contribution in [2.75, 3.05) is 6.61 Å². The highest BCUT2D eigenvalue weighted by Crippen LogP contribution is 2.37. The van der Waals surface area contributed by atoms with Gasteiger partial charge in [-0.2, -0.15) is 0 Å². The average Bonchev–Trinajstić information content (AvgIpc) is 2.96. The molecular formula is C14H24NO5PS. The van der Waals surface area contributed by atoms with Crippen molar-refractivity contribution in [3.8, 4) is 0 Å². The summed E-state index contributed by atoms with van der Waals surface area (Å²) < 4.78 is 15.4. The Morgan fingerprint density at radius 2 is 2.09 bits per heavy atom. The maximum absolute atomic E-state index is 11.9. The lowest BCUT2D eigenvalue weighted by Gasteiger charge is -2.18. The lowest BCUT2D eigenvalue weighted by atomic mass is 10.1. The Bertz CT molecular complexity index is 474. The van der Waals surface area contributed by atoms with Crippen LogP contribution in [0.3, 0.4) is 0 Å². The first-order valence-corrected chi connectivity index (χ1v) is 9.86. The number of phosphoric acid groups is 1. The van der Waals surface area contributed by atoms with E-state index < -0.39 is 13.9 Å². The van der Waals surface area contributed by atoms with E-state index in [1.807, 2.05) is 11.4 Å². The van der Waals surface area contributed by atoms with E-state index in [4.69, 9.17) is 9.79 Å². The predicted octanol–water partition coefficient (Wildman–Crippen LogP) is 3.38. The molecule has 1 rings (SSSR count). The fraction of sp³-hybridized carbons (Fsp3) is 0.643. The molecule has 1 aromatic heterocycles. The van der Waals surface area contributed by atoms with Crippen molar-refractivity contribution in [2.45, 2.75) is 51.5 Å². The van der Waals surface area contributed by atoms with Crippen LogP contribution in [0.2, 0.25) is 0 Å². The van der Waals surface area contributed by atoms with Gasteiger partial charge in [-0.1, -0.05) is 38.7 Å². The molecule has 1 unspecified atom stereocenters. The fourth-order valence-electron chi connectivity index (χ4n) is 2.01. The van der Waals surface area contributed by atoms with Crippen LogP contribution in [0.25, 0.3) is 0 Å². The zero-order valence-corrected chi connectivity index (χ0v) is 14.4. The van der Waals surface area contributed by atoms with Gasteiger partial charge in [0.15, 0.2) is 0 Å². The summed E-state index contributed by atoms with van der Waals surface area (Å²) in [5.41, 5.74) is 0. The number of amides is 1. The number of phosphoric ester groups is 1. The number of unbranched alkanes of at least 4 members (excludes halogenated alkanes) is 4. The van der Waals surface area contributed by atoms with Crippen molar-refractivity contribution in [3.63, 3.8) is 0 Å². The molecule has 0 bridgehead atoms. The molecule has 0 aliphatic carbocycles. The number of nitrogens with one attached hydrogen (secondary N) is 1. The van der Waals surface area contributed by atoms with Gasteiger partial charge in [0, 0.05) is 11.3 Å². The van der Waals surface area contributed by atoms with Crippen molar-refractivity contribution in [1.29, 1.82) is 0 Å². The Hall–Kier alpha value is -0.720. The minimum atomic E-state index is -4.55. The molecule has 1 heterocycles. The summed E-state index contributed by atoms with van der Waals surface area (Å²) >= 11 is 1.41. The molecule has 6 nitrogen and oxygen atoms in total. The average molecular weight is 349 g/mol. The molecule has 0 aliphatic rings. The van der Waals surface area contributed by atoms with Crippen molar-refractivity contribution >= 4 is 25.1 Å². The van der Waals surface area contributed by atoms with Gasteiger partial charge in [-0.3, -0.25) is 9.32 Å². The molecule has 126 valence electrons. The second-order valence-corrected chi connectivity index (χ2v) is 7.30. The second-order valence-electron chi connectivity index (χ2n) is 5.09. The summed E-state index contributed by atoms with van der Waals surface area (Å²) in [6.07, 6.45) is 5.72. The van der Waals surface area contributed by atoms with Crippen LogP contribution < -0.4 is 5.32 Å². The second kappa shape index (κ2) is 10.1. The highest BCUT2D eigenvalue weighted by Gasteiger charge is 2.21. The number of rotatable bonds is 11. The Balaban J connectivity index is 2.43. The summed E-state index contributed by atoms with van der Waals surface area (Å²) in [5, 5.41) is 4.63. The van der Waals surface area contributed by atoms with Gasteiger partial charge in [0.1, 0.15) is 0 Å². The maximum atomic E-state index is 11.9. The molecule has 22 heavy (non-hydrogen) atoms. The molecule has 0 spiro atoms. The van der Waals surface area contributed by atoms with Gasteiger partial charge in [-0.15, -0.1) is 11.3 Å². The van der Waals surface area contributed by atoms with Gasteiger partial charge in [-0.05, 0) is 17.9 Å². The van der Waals surface area contributed by atoms with Gasteiger partial charge >= 0.3 is 7.82 Å². The molecule has 1 aromatic rings. The Labute approximate surface area is 135 Å². The van der Waals surface area contributed by atoms with E-state index in [0.29, 0.717) is 6.42 Å². The van der Waals surface area contributed by atoms with E-state index in [1.165, 1.54) is 17.8 Å². The summed E-state index contributed by atoms with van der Waals surface area (Å²) in [7, 11) is -4.55. The molecule has 0 saturated heterocycles. The van der Waals surface area contributed by atoms with E-state index in [1.54, 1.807) is 6.07 Å². The SMILES string of the molecule is CCCCCCCC(=O)NC(COP(=O)(O)O)c1cccs1. The summed E-state index contributed by atoms with van der Waals surface area (Å²) in [4.78, 5) is 30.4. The topological polar surface area (TPSA) is 95.9 Å². The van der Waals surface area contributed by atoms with Crippen LogP contribution in [0.1, 0.15) is 56.4 Å². The molecule has 0 fully saturated rings. The third kappa shape index (κ3) is 8.66. The Morgan fingerprint density at radius 3 is 2.68 bits per heavy atom. The van der Waals surface area contributed by atoms with Gasteiger partial charge in [-0.25, -0.2) is 4.57 Å². The number of carbonyl (C=O) groups excluding carboxylic acids is 1. The first-order chi connectivity index (χ1) is 10.4. The number of thiophene rings is 1. The van der Waals surface area contributed by atoms with Gasteiger partial charge in [0.2, 0.25) is 5.91 Å². The van der Waals surface area contributed by atoms with Crippen LogP contribution in [-0.4, -0.2) is 22.3 Å². The smallest absolute Gasteiger partial charge is 0.346 e. The normalized spacial score (nSPS) is 13.0. The highest BCUT2D eigenvalue weighted by molar-refractivity contribution is 7.46. The summed E-state index contributed by atoms with van der Waals surface area (Å²) in [6.45, 7) is 1.89. The Kier molecular flexibility index (Phi) is 8.90. The highest BCUT2D eigenvalue weighted by atomic mass is 32.1. The Morgan fingerprint density at radius 1 is 1.36 bits per heavy atom. The quantitative estimate of drug-likeness (QED) is 0.420. The van der Waals surface area contributed by atoms with Crippen molar-refractivity contribution in [2.24, 2.45) is 0 Å². The van der Waals surface area contributed by atoms with Gasteiger partial charge < -0.3 is 15.1 Å². The summed E-state index contributed by atoms with van der Waals surface area (Å²) in [6, 6.07) is 3.09. The predicted molar refractivity (Wildman–Crippen MR) is 86.6 cm³/mol. The minimum Gasteiger partial charge on any atom is -0.346 e.